The normalized spacial score (nSPS) is 10.8. The van der Waals surface area contributed by atoms with Crippen molar-refractivity contribution < 1.29 is 14.3 Å². The van der Waals surface area contributed by atoms with Crippen LogP contribution < -0.4 is 14.8 Å². The Morgan fingerprint density at radius 1 is 1.06 bits per heavy atom. The number of thiazole rings is 1. The van der Waals surface area contributed by atoms with Crippen LogP contribution in [0.5, 0.6) is 11.5 Å². The summed E-state index contributed by atoms with van der Waals surface area (Å²) in [6.45, 7) is 0.456. The van der Waals surface area contributed by atoms with Crippen LogP contribution in [0, 0.1) is 0 Å². The maximum atomic E-state index is 12.3. The zero-order chi connectivity index (χ0) is 22.2. The highest BCUT2D eigenvalue weighted by Crippen LogP contribution is 2.26. The van der Waals surface area contributed by atoms with E-state index in [-0.39, 0.29) is 5.91 Å². The number of rotatable bonds is 8. The number of ether oxygens (including phenoxy) is 2. The number of pyridine rings is 1. The van der Waals surface area contributed by atoms with Gasteiger partial charge in [0.15, 0.2) is 5.13 Å². The molecule has 0 aliphatic rings. The number of carbonyl (C=O) groups excluding carboxylic acids is 1. The second-order valence-electron chi connectivity index (χ2n) is 6.81. The minimum atomic E-state index is -0.238. The highest BCUT2D eigenvalue weighted by Gasteiger charge is 2.07. The number of anilines is 1. The standard InChI is InChI=1S/C25H21N3O3S/c1-30-21-11-7-20(8-12-21)23-17-32-25(27-23)28-24(29)13-6-18-4-9-22(10-5-18)31-16-19-3-2-14-26-15-19/h2-15,17H,16H2,1H3,(H,27,28,29)/b13-6+. The minimum Gasteiger partial charge on any atom is -0.497 e. The lowest BCUT2D eigenvalue weighted by Crippen LogP contribution is -2.07. The van der Waals surface area contributed by atoms with Crippen LogP contribution in [-0.2, 0) is 11.4 Å². The van der Waals surface area contributed by atoms with Crippen LogP contribution in [0.25, 0.3) is 17.3 Å². The molecule has 0 aliphatic heterocycles. The zero-order valence-electron chi connectivity index (χ0n) is 17.4. The Labute approximate surface area is 190 Å². The summed E-state index contributed by atoms with van der Waals surface area (Å²) in [6.07, 6.45) is 6.74. The zero-order valence-corrected chi connectivity index (χ0v) is 18.2. The predicted molar refractivity (Wildman–Crippen MR) is 127 cm³/mol. The number of carbonyl (C=O) groups is 1. The average molecular weight is 444 g/mol. The van der Waals surface area contributed by atoms with Crippen LogP contribution in [-0.4, -0.2) is 23.0 Å². The molecule has 0 unspecified atom stereocenters. The molecule has 0 spiro atoms. The van der Waals surface area contributed by atoms with Crippen molar-refractivity contribution >= 4 is 28.5 Å². The number of nitrogens with one attached hydrogen (secondary N) is 1. The fraction of sp³-hybridized carbons (Fsp3) is 0.0800. The summed E-state index contributed by atoms with van der Waals surface area (Å²) in [5.41, 5.74) is 3.67. The first-order valence-electron chi connectivity index (χ1n) is 9.90. The van der Waals surface area contributed by atoms with Crippen molar-refractivity contribution in [2.75, 3.05) is 12.4 Å². The Balaban J connectivity index is 1.30. The lowest BCUT2D eigenvalue weighted by molar-refractivity contribution is -0.111. The third-order valence-electron chi connectivity index (χ3n) is 4.56. The van der Waals surface area contributed by atoms with Gasteiger partial charge >= 0.3 is 0 Å². The lowest BCUT2D eigenvalue weighted by Gasteiger charge is -2.06. The van der Waals surface area contributed by atoms with Crippen LogP contribution in [0.2, 0.25) is 0 Å². The van der Waals surface area contributed by atoms with Gasteiger partial charge in [-0.15, -0.1) is 11.3 Å². The SMILES string of the molecule is COc1ccc(-c2csc(NC(=O)/C=C/c3ccc(OCc4cccnc4)cc3)n2)cc1. The van der Waals surface area contributed by atoms with E-state index in [0.29, 0.717) is 11.7 Å². The molecule has 0 fully saturated rings. The topological polar surface area (TPSA) is 73.3 Å². The van der Waals surface area contributed by atoms with Crippen LogP contribution in [0.4, 0.5) is 5.13 Å². The van der Waals surface area contributed by atoms with E-state index >= 15 is 0 Å². The molecule has 1 amide bonds. The monoisotopic (exact) mass is 443 g/mol. The molecule has 160 valence electrons. The van der Waals surface area contributed by atoms with Crippen LogP contribution in [0.3, 0.4) is 0 Å². The summed E-state index contributed by atoms with van der Waals surface area (Å²) in [7, 11) is 1.63. The van der Waals surface area contributed by atoms with E-state index in [2.05, 4.69) is 15.3 Å². The molecule has 2 heterocycles. The van der Waals surface area contributed by atoms with Crippen LogP contribution in [0.1, 0.15) is 11.1 Å². The van der Waals surface area contributed by atoms with Crippen LogP contribution in [0.15, 0.2) is 84.5 Å². The summed E-state index contributed by atoms with van der Waals surface area (Å²) < 4.78 is 10.9. The van der Waals surface area contributed by atoms with E-state index in [1.807, 2.05) is 66.0 Å². The number of hydrogen-bond donors (Lipinski definition) is 1. The second kappa shape index (κ2) is 10.4. The molecule has 2 aromatic carbocycles. The van der Waals surface area contributed by atoms with Gasteiger partial charge in [0.25, 0.3) is 0 Å². The fourth-order valence-corrected chi connectivity index (χ4v) is 3.59. The maximum Gasteiger partial charge on any atom is 0.250 e. The summed E-state index contributed by atoms with van der Waals surface area (Å²) >= 11 is 1.38. The van der Waals surface area contributed by atoms with Crippen molar-refractivity contribution in [1.29, 1.82) is 0 Å². The fourth-order valence-electron chi connectivity index (χ4n) is 2.87. The third kappa shape index (κ3) is 5.80. The predicted octanol–water partition coefficient (Wildman–Crippen LogP) is 5.44. The molecule has 1 N–H and O–H groups in total. The molecule has 4 aromatic rings. The molecule has 0 saturated carbocycles. The third-order valence-corrected chi connectivity index (χ3v) is 5.31. The highest BCUT2D eigenvalue weighted by atomic mass is 32.1. The lowest BCUT2D eigenvalue weighted by atomic mass is 10.2. The van der Waals surface area contributed by atoms with E-state index in [0.717, 1.165) is 33.9 Å². The van der Waals surface area contributed by atoms with Crippen molar-refractivity contribution in [3.05, 3.63) is 95.6 Å². The molecular formula is C25H21N3O3S. The molecule has 7 heteroatoms. The Kier molecular flexibility index (Phi) is 6.89. The number of nitrogens with zero attached hydrogens (tertiary/aromatic N) is 2. The van der Waals surface area contributed by atoms with Crippen LogP contribution >= 0.6 is 11.3 Å². The van der Waals surface area contributed by atoms with E-state index < -0.39 is 0 Å². The van der Waals surface area contributed by atoms with E-state index in [4.69, 9.17) is 9.47 Å². The number of benzene rings is 2. The van der Waals surface area contributed by atoms with Gasteiger partial charge in [-0.25, -0.2) is 4.98 Å². The van der Waals surface area contributed by atoms with Crippen molar-refractivity contribution in [2.45, 2.75) is 6.61 Å². The van der Waals surface area contributed by atoms with Crippen molar-refractivity contribution in [2.24, 2.45) is 0 Å². The number of amides is 1. The first-order valence-corrected chi connectivity index (χ1v) is 10.8. The molecule has 4 rings (SSSR count). The molecule has 0 radical (unpaired) electrons. The molecule has 0 aliphatic carbocycles. The minimum absolute atomic E-state index is 0.238. The molecule has 2 aromatic heterocycles. The highest BCUT2D eigenvalue weighted by molar-refractivity contribution is 7.14. The summed E-state index contributed by atoms with van der Waals surface area (Å²) in [5, 5.41) is 5.26. The Morgan fingerprint density at radius 2 is 1.84 bits per heavy atom. The molecule has 6 nitrogen and oxygen atoms in total. The Hall–Kier alpha value is -3.97. The molecule has 0 bridgehead atoms. The van der Waals surface area contributed by atoms with Gasteiger partial charge in [0, 0.05) is 35.0 Å². The first-order chi connectivity index (χ1) is 15.7. The van der Waals surface area contributed by atoms with Gasteiger partial charge < -0.3 is 9.47 Å². The molecule has 0 atom stereocenters. The molecular weight excluding hydrogens is 422 g/mol. The van der Waals surface area contributed by atoms with Gasteiger partial charge in [0.2, 0.25) is 5.91 Å². The maximum absolute atomic E-state index is 12.3. The first kappa shape index (κ1) is 21.3. The number of methoxy groups -OCH3 is 1. The quantitative estimate of drug-likeness (QED) is 0.367. The molecule has 0 saturated heterocycles. The summed E-state index contributed by atoms with van der Waals surface area (Å²) in [6, 6.07) is 19.0. The van der Waals surface area contributed by atoms with Gasteiger partial charge in [0.05, 0.1) is 12.8 Å². The second-order valence-corrected chi connectivity index (χ2v) is 7.67. The summed E-state index contributed by atoms with van der Waals surface area (Å²) in [4.78, 5) is 20.8. The average Bonchev–Trinajstić information content (AvgIpc) is 3.31. The van der Waals surface area contributed by atoms with Crippen molar-refractivity contribution in [1.82, 2.24) is 9.97 Å². The summed E-state index contributed by atoms with van der Waals surface area (Å²) in [5.74, 6) is 1.30. The largest absolute Gasteiger partial charge is 0.497 e. The van der Waals surface area contributed by atoms with Gasteiger partial charge in [0.1, 0.15) is 18.1 Å². The van der Waals surface area contributed by atoms with E-state index in [1.165, 1.54) is 17.4 Å². The van der Waals surface area contributed by atoms with E-state index in [9.17, 15) is 4.79 Å². The van der Waals surface area contributed by atoms with Gasteiger partial charge in [-0.2, -0.15) is 0 Å². The number of aromatic nitrogens is 2. The smallest absolute Gasteiger partial charge is 0.250 e. The molecule has 32 heavy (non-hydrogen) atoms. The van der Waals surface area contributed by atoms with Gasteiger partial charge in [-0.3, -0.25) is 15.1 Å². The van der Waals surface area contributed by atoms with Crippen molar-refractivity contribution in [3.63, 3.8) is 0 Å². The van der Waals surface area contributed by atoms with Crippen molar-refractivity contribution in [3.8, 4) is 22.8 Å². The van der Waals surface area contributed by atoms with E-state index in [1.54, 1.807) is 25.6 Å². The Morgan fingerprint density at radius 3 is 2.56 bits per heavy atom. The number of hydrogen-bond acceptors (Lipinski definition) is 6. The van der Waals surface area contributed by atoms with Gasteiger partial charge in [-0.1, -0.05) is 18.2 Å². The Bertz CT molecular complexity index is 1190. The van der Waals surface area contributed by atoms with Gasteiger partial charge in [-0.05, 0) is 54.1 Å².